The molecule has 1 fully saturated rings. The lowest BCUT2D eigenvalue weighted by atomic mass is 10.1. The SMILES string of the molecule is CCCNC(=O)[C@H]1CCCN1C(=O)c1ccc(NC(=O)c2ccc(C)cc2)cc1. The third-order valence-electron chi connectivity index (χ3n) is 5.07. The van der Waals surface area contributed by atoms with Gasteiger partial charge >= 0.3 is 0 Å². The number of hydrogen-bond acceptors (Lipinski definition) is 3. The van der Waals surface area contributed by atoms with E-state index in [4.69, 9.17) is 0 Å². The van der Waals surface area contributed by atoms with Gasteiger partial charge in [0, 0.05) is 29.9 Å². The van der Waals surface area contributed by atoms with E-state index in [9.17, 15) is 14.4 Å². The predicted octanol–water partition coefficient (Wildman–Crippen LogP) is 3.38. The maximum Gasteiger partial charge on any atom is 0.255 e. The Bertz CT molecular complexity index is 875. The fourth-order valence-corrected chi connectivity index (χ4v) is 3.42. The Hall–Kier alpha value is -3.15. The largest absolute Gasteiger partial charge is 0.354 e. The number of carbonyl (C=O) groups is 3. The quantitative estimate of drug-likeness (QED) is 0.790. The minimum atomic E-state index is -0.407. The summed E-state index contributed by atoms with van der Waals surface area (Å²) in [6.07, 6.45) is 2.37. The van der Waals surface area contributed by atoms with Gasteiger partial charge in [-0.25, -0.2) is 0 Å². The highest BCUT2D eigenvalue weighted by Crippen LogP contribution is 2.21. The molecule has 2 aromatic carbocycles. The second-order valence-electron chi connectivity index (χ2n) is 7.35. The third-order valence-corrected chi connectivity index (χ3v) is 5.07. The first-order chi connectivity index (χ1) is 14.0. The Morgan fingerprint density at radius 2 is 1.66 bits per heavy atom. The van der Waals surface area contributed by atoms with Crippen molar-refractivity contribution < 1.29 is 14.4 Å². The normalized spacial score (nSPS) is 15.8. The number of amides is 3. The lowest BCUT2D eigenvalue weighted by Gasteiger charge is -2.24. The van der Waals surface area contributed by atoms with Gasteiger partial charge in [0.2, 0.25) is 5.91 Å². The van der Waals surface area contributed by atoms with Crippen LogP contribution in [0.25, 0.3) is 0 Å². The van der Waals surface area contributed by atoms with Crippen LogP contribution in [0.4, 0.5) is 5.69 Å². The molecule has 0 radical (unpaired) electrons. The molecule has 1 saturated heterocycles. The summed E-state index contributed by atoms with van der Waals surface area (Å²) in [4.78, 5) is 39.2. The minimum absolute atomic E-state index is 0.0836. The smallest absolute Gasteiger partial charge is 0.255 e. The number of aryl methyl sites for hydroxylation is 1. The summed E-state index contributed by atoms with van der Waals surface area (Å²) in [7, 11) is 0. The maximum atomic E-state index is 12.9. The van der Waals surface area contributed by atoms with E-state index < -0.39 is 6.04 Å². The van der Waals surface area contributed by atoms with E-state index in [1.54, 1.807) is 41.3 Å². The molecule has 152 valence electrons. The van der Waals surface area contributed by atoms with Crippen molar-refractivity contribution in [2.45, 2.75) is 39.2 Å². The summed E-state index contributed by atoms with van der Waals surface area (Å²) in [6, 6.07) is 13.7. The van der Waals surface area contributed by atoms with E-state index in [1.807, 2.05) is 26.0 Å². The standard InChI is InChI=1S/C23H27N3O3/c1-3-14-24-22(28)20-5-4-15-26(20)23(29)18-10-12-19(13-11-18)25-21(27)17-8-6-16(2)7-9-17/h6-13,20H,3-5,14-15H2,1-2H3,(H,24,28)(H,25,27)/t20-/m1/s1. The van der Waals surface area contributed by atoms with E-state index >= 15 is 0 Å². The van der Waals surface area contributed by atoms with Crippen LogP contribution in [0.1, 0.15) is 52.5 Å². The van der Waals surface area contributed by atoms with Crippen molar-refractivity contribution in [2.75, 3.05) is 18.4 Å². The number of anilines is 1. The molecule has 1 aliphatic heterocycles. The van der Waals surface area contributed by atoms with Crippen LogP contribution in [0.5, 0.6) is 0 Å². The minimum Gasteiger partial charge on any atom is -0.354 e. The van der Waals surface area contributed by atoms with E-state index in [-0.39, 0.29) is 17.7 Å². The molecule has 29 heavy (non-hydrogen) atoms. The Labute approximate surface area is 171 Å². The number of hydrogen-bond donors (Lipinski definition) is 2. The van der Waals surface area contributed by atoms with Crippen molar-refractivity contribution in [3.05, 3.63) is 65.2 Å². The first kappa shape index (κ1) is 20.6. The van der Waals surface area contributed by atoms with Gasteiger partial charge in [-0.05, 0) is 62.6 Å². The average Bonchev–Trinajstić information content (AvgIpc) is 3.22. The van der Waals surface area contributed by atoms with Crippen LogP contribution in [-0.4, -0.2) is 41.8 Å². The Morgan fingerprint density at radius 1 is 1.00 bits per heavy atom. The predicted molar refractivity (Wildman–Crippen MR) is 113 cm³/mol. The second kappa shape index (κ2) is 9.37. The zero-order valence-electron chi connectivity index (χ0n) is 16.9. The molecule has 0 aliphatic carbocycles. The molecule has 1 atom stereocenters. The van der Waals surface area contributed by atoms with Gasteiger partial charge in [-0.15, -0.1) is 0 Å². The van der Waals surface area contributed by atoms with E-state index in [0.717, 1.165) is 18.4 Å². The molecule has 0 spiro atoms. The molecular formula is C23H27N3O3. The van der Waals surface area contributed by atoms with Gasteiger partial charge in [-0.2, -0.15) is 0 Å². The van der Waals surface area contributed by atoms with Crippen LogP contribution in [0, 0.1) is 6.92 Å². The van der Waals surface area contributed by atoms with Crippen molar-refractivity contribution in [1.82, 2.24) is 10.2 Å². The maximum absolute atomic E-state index is 12.9. The number of nitrogens with zero attached hydrogens (tertiary/aromatic N) is 1. The van der Waals surface area contributed by atoms with E-state index in [1.165, 1.54) is 0 Å². The van der Waals surface area contributed by atoms with Crippen LogP contribution >= 0.6 is 0 Å². The lowest BCUT2D eigenvalue weighted by molar-refractivity contribution is -0.124. The highest BCUT2D eigenvalue weighted by atomic mass is 16.2. The molecule has 1 aliphatic rings. The summed E-state index contributed by atoms with van der Waals surface area (Å²) >= 11 is 0. The fraction of sp³-hybridized carbons (Fsp3) is 0.348. The molecule has 0 aromatic heterocycles. The van der Waals surface area contributed by atoms with Crippen LogP contribution in [0.3, 0.4) is 0 Å². The number of rotatable bonds is 6. The third kappa shape index (κ3) is 5.02. The molecule has 0 saturated carbocycles. The molecule has 0 bridgehead atoms. The molecule has 0 unspecified atom stereocenters. The molecule has 3 amide bonds. The van der Waals surface area contributed by atoms with Gasteiger partial charge in [0.25, 0.3) is 11.8 Å². The lowest BCUT2D eigenvalue weighted by Crippen LogP contribution is -2.46. The Morgan fingerprint density at radius 3 is 2.31 bits per heavy atom. The first-order valence-electron chi connectivity index (χ1n) is 10.1. The van der Waals surface area contributed by atoms with E-state index in [0.29, 0.717) is 36.3 Å². The average molecular weight is 393 g/mol. The fourth-order valence-electron chi connectivity index (χ4n) is 3.42. The topological polar surface area (TPSA) is 78.5 Å². The molecule has 2 aromatic rings. The summed E-state index contributed by atoms with van der Waals surface area (Å²) in [5.74, 6) is -0.438. The highest BCUT2D eigenvalue weighted by molar-refractivity contribution is 6.04. The summed E-state index contributed by atoms with van der Waals surface area (Å²) in [5, 5.41) is 5.72. The highest BCUT2D eigenvalue weighted by Gasteiger charge is 2.34. The van der Waals surface area contributed by atoms with Crippen molar-refractivity contribution in [3.8, 4) is 0 Å². The van der Waals surface area contributed by atoms with Crippen LogP contribution in [0.15, 0.2) is 48.5 Å². The van der Waals surface area contributed by atoms with Crippen LogP contribution in [-0.2, 0) is 4.79 Å². The zero-order valence-corrected chi connectivity index (χ0v) is 16.9. The van der Waals surface area contributed by atoms with Crippen LogP contribution < -0.4 is 10.6 Å². The number of carbonyl (C=O) groups excluding carboxylic acids is 3. The van der Waals surface area contributed by atoms with Crippen molar-refractivity contribution in [2.24, 2.45) is 0 Å². The second-order valence-corrected chi connectivity index (χ2v) is 7.35. The molecular weight excluding hydrogens is 366 g/mol. The molecule has 2 N–H and O–H groups in total. The molecule has 6 nitrogen and oxygen atoms in total. The summed E-state index contributed by atoms with van der Waals surface area (Å²) in [6.45, 7) is 5.16. The van der Waals surface area contributed by atoms with E-state index in [2.05, 4.69) is 10.6 Å². The van der Waals surface area contributed by atoms with Crippen LogP contribution in [0.2, 0.25) is 0 Å². The van der Waals surface area contributed by atoms with Gasteiger partial charge in [0.15, 0.2) is 0 Å². The molecule has 6 heteroatoms. The van der Waals surface area contributed by atoms with Gasteiger partial charge < -0.3 is 15.5 Å². The number of likely N-dealkylation sites (tertiary alicyclic amines) is 1. The number of nitrogens with one attached hydrogen (secondary N) is 2. The van der Waals surface area contributed by atoms with Crippen molar-refractivity contribution >= 4 is 23.4 Å². The first-order valence-corrected chi connectivity index (χ1v) is 10.1. The van der Waals surface area contributed by atoms with Gasteiger partial charge in [0.05, 0.1) is 0 Å². The summed E-state index contributed by atoms with van der Waals surface area (Å²) < 4.78 is 0. The summed E-state index contributed by atoms with van der Waals surface area (Å²) in [5.41, 5.74) is 2.79. The zero-order chi connectivity index (χ0) is 20.8. The van der Waals surface area contributed by atoms with Crippen molar-refractivity contribution in [1.29, 1.82) is 0 Å². The molecule has 1 heterocycles. The van der Waals surface area contributed by atoms with Gasteiger partial charge in [-0.1, -0.05) is 24.6 Å². The Balaban J connectivity index is 1.64. The monoisotopic (exact) mass is 393 g/mol. The Kier molecular flexibility index (Phi) is 6.65. The van der Waals surface area contributed by atoms with Gasteiger partial charge in [-0.3, -0.25) is 14.4 Å². The van der Waals surface area contributed by atoms with Crippen molar-refractivity contribution in [3.63, 3.8) is 0 Å². The number of benzene rings is 2. The molecule has 3 rings (SSSR count). The van der Waals surface area contributed by atoms with Gasteiger partial charge in [0.1, 0.15) is 6.04 Å².